The maximum Gasteiger partial charge on any atom is 0.277 e. The van der Waals surface area contributed by atoms with Gasteiger partial charge < -0.3 is 9.84 Å². The van der Waals surface area contributed by atoms with E-state index in [0.29, 0.717) is 11.3 Å². The third kappa shape index (κ3) is 3.16. The molecule has 0 saturated carbocycles. The van der Waals surface area contributed by atoms with Crippen molar-refractivity contribution in [3.63, 3.8) is 0 Å². The highest BCUT2D eigenvalue weighted by Gasteiger charge is 2.35. The number of ether oxygens (including phenoxy) is 1. The molecule has 1 aromatic rings. The Hall–Kier alpha value is -1.16. The van der Waals surface area contributed by atoms with Gasteiger partial charge in [-0.1, -0.05) is 12.1 Å². The van der Waals surface area contributed by atoms with Crippen molar-refractivity contribution in [3.8, 4) is 5.75 Å². The second kappa shape index (κ2) is 4.57. The summed E-state index contributed by atoms with van der Waals surface area (Å²) in [5.74, 6) is -2.57. The molecule has 0 aliphatic rings. The molecule has 0 bridgehead atoms. The predicted octanol–water partition coefficient (Wildman–Crippen LogP) is 2.25. The minimum absolute atomic E-state index is 0.445. The van der Waals surface area contributed by atoms with E-state index in [-0.39, 0.29) is 0 Å². The van der Waals surface area contributed by atoms with Crippen LogP contribution in [0.25, 0.3) is 0 Å². The number of aliphatic hydroxyl groups excluding tert-OH is 1. The summed E-state index contributed by atoms with van der Waals surface area (Å²) in [5.41, 5.74) is 0.445. The van der Waals surface area contributed by atoms with Gasteiger partial charge in [-0.2, -0.15) is 0 Å². The van der Waals surface area contributed by atoms with Crippen LogP contribution in [0, 0.1) is 0 Å². The molecule has 1 rings (SSSR count). The molecule has 1 N–H and O–H groups in total. The zero-order valence-electron chi connectivity index (χ0n) is 8.71. The Balaban J connectivity index is 2.80. The number of halogens is 2. The first-order valence-electron chi connectivity index (χ1n) is 4.64. The number of methoxy groups -OCH3 is 1. The molecule has 0 fully saturated rings. The van der Waals surface area contributed by atoms with Crippen molar-refractivity contribution in [2.75, 3.05) is 7.11 Å². The van der Waals surface area contributed by atoms with Crippen molar-refractivity contribution >= 4 is 0 Å². The van der Waals surface area contributed by atoms with Gasteiger partial charge in [0.25, 0.3) is 5.92 Å². The molecule has 0 saturated heterocycles. The van der Waals surface area contributed by atoms with Gasteiger partial charge in [0.15, 0.2) is 0 Å². The molecule has 1 unspecified atom stereocenters. The number of aliphatic hydroxyl groups is 1. The minimum Gasteiger partial charge on any atom is -0.497 e. The topological polar surface area (TPSA) is 29.5 Å². The Morgan fingerprint density at radius 3 is 2.67 bits per heavy atom. The first-order chi connectivity index (χ1) is 6.95. The van der Waals surface area contributed by atoms with Gasteiger partial charge in [-0.15, -0.1) is 0 Å². The molecule has 0 heterocycles. The van der Waals surface area contributed by atoms with E-state index in [4.69, 9.17) is 9.84 Å². The summed E-state index contributed by atoms with van der Waals surface area (Å²) in [6.45, 7) is 1.08. The smallest absolute Gasteiger partial charge is 0.277 e. The largest absolute Gasteiger partial charge is 0.497 e. The Bertz CT molecular complexity index is 324. The maximum atomic E-state index is 13.2. The van der Waals surface area contributed by atoms with Gasteiger partial charge in [0.05, 0.1) is 7.11 Å². The molecule has 0 radical (unpaired) electrons. The van der Waals surface area contributed by atoms with Crippen LogP contribution < -0.4 is 4.74 Å². The minimum atomic E-state index is -3.10. The lowest BCUT2D eigenvalue weighted by molar-refractivity contribution is -0.0982. The highest BCUT2D eigenvalue weighted by Crippen LogP contribution is 2.25. The fourth-order valence-electron chi connectivity index (χ4n) is 1.20. The van der Waals surface area contributed by atoms with Gasteiger partial charge in [-0.3, -0.25) is 0 Å². The van der Waals surface area contributed by atoms with Crippen LogP contribution in [-0.4, -0.2) is 24.2 Å². The van der Waals surface area contributed by atoms with Crippen LogP contribution >= 0.6 is 0 Å². The van der Waals surface area contributed by atoms with Crippen LogP contribution in [0.4, 0.5) is 8.78 Å². The number of rotatable bonds is 4. The summed E-state index contributed by atoms with van der Waals surface area (Å²) < 4.78 is 31.3. The number of hydrogen-bond donors (Lipinski definition) is 1. The van der Waals surface area contributed by atoms with Crippen molar-refractivity contribution in [3.05, 3.63) is 29.8 Å². The highest BCUT2D eigenvalue weighted by atomic mass is 19.3. The molecule has 15 heavy (non-hydrogen) atoms. The SMILES string of the molecule is COc1cccc(CC(F)(F)C(C)O)c1. The van der Waals surface area contributed by atoms with E-state index in [9.17, 15) is 8.78 Å². The van der Waals surface area contributed by atoms with E-state index >= 15 is 0 Å². The summed E-state index contributed by atoms with van der Waals surface area (Å²) in [7, 11) is 1.48. The van der Waals surface area contributed by atoms with Gasteiger partial charge in [0, 0.05) is 6.42 Å². The first kappa shape index (κ1) is 11.9. The standard InChI is InChI=1S/C11H14F2O2/c1-8(14)11(12,13)7-9-4-3-5-10(6-9)15-2/h3-6,8,14H,7H2,1-2H3. The Labute approximate surface area is 87.5 Å². The zero-order valence-corrected chi connectivity index (χ0v) is 8.71. The lowest BCUT2D eigenvalue weighted by Crippen LogP contribution is -2.33. The molecule has 0 aliphatic heterocycles. The second-order valence-electron chi connectivity index (χ2n) is 3.47. The first-order valence-corrected chi connectivity index (χ1v) is 4.64. The summed E-state index contributed by atoms with van der Waals surface area (Å²) >= 11 is 0. The summed E-state index contributed by atoms with van der Waals surface area (Å²) in [6, 6.07) is 6.45. The molecule has 1 aromatic carbocycles. The van der Waals surface area contributed by atoms with Gasteiger partial charge in [0.1, 0.15) is 11.9 Å². The van der Waals surface area contributed by atoms with E-state index in [1.807, 2.05) is 0 Å². The number of alkyl halides is 2. The number of hydrogen-bond acceptors (Lipinski definition) is 2. The Kier molecular flexibility index (Phi) is 3.63. The zero-order chi connectivity index (χ0) is 11.5. The van der Waals surface area contributed by atoms with Crippen molar-refractivity contribution in [1.82, 2.24) is 0 Å². The molecular formula is C11H14F2O2. The Morgan fingerprint density at radius 2 is 2.13 bits per heavy atom. The highest BCUT2D eigenvalue weighted by molar-refractivity contribution is 5.29. The molecule has 0 amide bonds. The van der Waals surface area contributed by atoms with Crippen molar-refractivity contribution in [2.45, 2.75) is 25.4 Å². The molecule has 4 heteroatoms. The van der Waals surface area contributed by atoms with Crippen LogP contribution in [0.15, 0.2) is 24.3 Å². The third-order valence-electron chi connectivity index (χ3n) is 2.19. The van der Waals surface area contributed by atoms with Crippen LogP contribution in [-0.2, 0) is 6.42 Å². The average Bonchev–Trinajstić information content (AvgIpc) is 2.17. The van der Waals surface area contributed by atoms with Crippen LogP contribution in [0.2, 0.25) is 0 Å². The third-order valence-corrected chi connectivity index (χ3v) is 2.19. The van der Waals surface area contributed by atoms with E-state index in [0.717, 1.165) is 6.92 Å². The molecule has 0 spiro atoms. The second-order valence-corrected chi connectivity index (χ2v) is 3.47. The van der Waals surface area contributed by atoms with Gasteiger partial charge in [-0.25, -0.2) is 8.78 Å². The maximum absolute atomic E-state index is 13.2. The lowest BCUT2D eigenvalue weighted by Gasteiger charge is -2.19. The van der Waals surface area contributed by atoms with E-state index in [1.54, 1.807) is 18.2 Å². The summed E-state index contributed by atoms with van der Waals surface area (Å²) in [5, 5.41) is 8.89. The van der Waals surface area contributed by atoms with Crippen molar-refractivity contribution in [2.24, 2.45) is 0 Å². The summed E-state index contributed by atoms with van der Waals surface area (Å²) in [6.07, 6.45) is -2.13. The fourth-order valence-corrected chi connectivity index (χ4v) is 1.20. The van der Waals surface area contributed by atoms with Gasteiger partial charge >= 0.3 is 0 Å². The normalized spacial score (nSPS) is 13.7. The van der Waals surface area contributed by atoms with Crippen LogP contribution in [0.5, 0.6) is 5.75 Å². The Morgan fingerprint density at radius 1 is 1.47 bits per heavy atom. The van der Waals surface area contributed by atoms with Crippen LogP contribution in [0.3, 0.4) is 0 Å². The van der Waals surface area contributed by atoms with E-state index in [2.05, 4.69) is 0 Å². The molecule has 0 aliphatic carbocycles. The van der Waals surface area contributed by atoms with Crippen molar-refractivity contribution in [1.29, 1.82) is 0 Å². The van der Waals surface area contributed by atoms with Crippen molar-refractivity contribution < 1.29 is 18.6 Å². The van der Waals surface area contributed by atoms with E-state index in [1.165, 1.54) is 13.2 Å². The predicted molar refractivity (Wildman–Crippen MR) is 53.3 cm³/mol. The molecule has 2 nitrogen and oxygen atoms in total. The average molecular weight is 216 g/mol. The van der Waals surface area contributed by atoms with Gasteiger partial charge in [-0.05, 0) is 24.6 Å². The lowest BCUT2D eigenvalue weighted by atomic mass is 10.0. The quantitative estimate of drug-likeness (QED) is 0.836. The monoisotopic (exact) mass is 216 g/mol. The molecular weight excluding hydrogens is 202 g/mol. The molecule has 1 atom stereocenters. The fraction of sp³-hybridized carbons (Fsp3) is 0.455. The summed E-state index contributed by atoms with van der Waals surface area (Å²) in [4.78, 5) is 0. The van der Waals surface area contributed by atoms with Crippen LogP contribution in [0.1, 0.15) is 12.5 Å². The molecule has 0 aromatic heterocycles. The number of benzene rings is 1. The van der Waals surface area contributed by atoms with E-state index < -0.39 is 18.4 Å². The van der Waals surface area contributed by atoms with Gasteiger partial charge in [0.2, 0.25) is 0 Å². The molecule has 84 valence electrons.